The van der Waals surface area contributed by atoms with E-state index in [0.717, 1.165) is 28.9 Å². The molecule has 0 bridgehead atoms. The monoisotopic (exact) mass is 353 g/mol. The Morgan fingerprint density at radius 3 is 2.38 bits per heavy atom. The quantitative estimate of drug-likeness (QED) is 0.725. The molecule has 140 valence electrons. The Morgan fingerprint density at radius 1 is 1.04 bits per heavy atom. The Hall–Kier alpha value is -2.29. The zero-order valence-electron chi connectivity index (χ0n) is 16.8. The Morgan fingerprint density at radius 2 is 1.77 bits per heavy atom. The lowest BCUT2D eigenvalue weighted by Gasteiger charge is -2.20. The summed E-state index contributed by atoms with van der Waals surface area (Å²) in [5, 5.41) is 3.10. The molecule has 0 aliphatic carbocycles. The van der Waals surface area contributed by atoms with Gasteiger partial charge < -0.3 is 10.1 Å². The zero-order chi connectivity index (χ0) is 19.3. The van der Waals surface area contributed by atoms with Crippen LogP contribution in [0.25, 0.3) is 0 Å². The van der Waals surface area contributed by atoms with Gasteiger partial charge in [-0.25, -0.2) is 0 Å². The first kappa shape index (κ1) is 20.0. The third-order valence-electron chi connectivity index (χ3n) is 4.83. The van der Waals surface area contributed by atoms with Crippen LogP contribution in [-0.4, -0.2) is 12.5 Å². The summed E-state index contributed by atoms with van der Waals surface area (Å²) < 4.78 is 5.85. The summed E-state index contributed by atoms with van der Waals surface area (Å²) in [5.41, 5.74) is 5.91. The molecular weight excluding hydrogens is 322 g/mol. The highest BCUT2D eigenvalue weighted by atomic mass is 16.5. The van der Waals surface area contributed by atoms with Gasteiger partial charge >= 0.3 is 0 Å². The molecule has 0 saturated heterocycles. The summed E-state index contributed by atoms with van der Waals surface area (Å²) >= 11 is 0. The van der Waals surface area contributed by atoms with Crippen LogP contribution in [0.1, 0.15) is 67.0 Å². The van der Waals surface area contributed by atoms with Crippen LogP contribution in [0.4, 0.5) is 0 Å². The summed E-state index contributed by atoms with van der Waals surface area (Å²) in [7, 11) is 0. The maximum atomic E-state index is 12.4. The van der Waals surface area contributed by atoms with E-state index in [2.05, 4.69) is 70.3 Å². The van der Waals surface area contributed by atoms with Crippen LogP contribution in [0.3, 0.4) is 0 Å². The summed E-state index contributed by atoms with van der Waals surface area (Å²) in [6.45, 7) is 12.6. The molecule has 3 heteroatoms. The Balaban J connectivity index is 2.03. The summed E-state index contributed by atoms with van der Waals surface area (Å²) in [4.78, 5) is 12.4. The molecule has 1 atom stereocenters. The standard InChI is InChI=1S/C23H31NO2/c1-7-21(19-10-9-17(5)18(6)13-19)24-23(25)14-26-22-12-16(4)8-11-20(22)15(2)3/h8-13,15,21H,7,14H2,1-6H3,(H,24,25). The van der Waals surface area contributed by atoms with Gasteiger partial charge in [0.25, 0.3) is 5.91 Å². The molecule has 2 rings (SSSR count). The first-order valence-electron chi connectivity index (χ1n) is 9.41. The number of carbonyl (C=O) groups is 1. The van der Waals surface area contributed by atoms with Crippen molar-refractivity contribution in [3.8, 4) is 5.75 Å². The average molecular weight is 354 g/mol. The maximum absolute atomic E-state index is 12.4. The van der Waals surface area contributed by atoms with Gasteiger partial charge in [0, 0.05) is 0 Å². The fourth-order valence-electron chi connectivity index (χ4n) is 3.03. The Bertz CT molecular complexity index is 765. The third kappa shape index (κ3) is 5.10. The zero-order valence-corrected chi connectivity index (χ0v) is 16.8. The Labute approximate surface area is 157 Å². The third-order valence-corrected chi connectivity index (χ3v) is 4.83. The van der Waals surface area contributed by atoms with Crippen LogP contribution in [0, 0.1) is 20.8 Å². The number of nitrogens with one attached hydrogen (secondary N) is 1. The maximum Gasteiger partial charge on any atom is 0.258 e. The number of ether oxygens (including phenoxy) is 1. The highest BCUT2D eigenvalue weighted by Gasteiger charge is 2.15. The van der Waals surface area contributed by atoms with Crippen molar-refractivity contribution in [2.24, 2.45) is 0 Å². The van der Waals surface area contributed by atoms with Gasteiger partial charge in [0.2, 0.25) is 0 Å². The first-order chi connectivity index (χ1) is 12.3. The van der Waals surface area contributed by atoms with Crippen molar-refractivity contribution < 1.29 is 9.53 Å². The second-order valence-corrected chi connectivity index (χ2v) is 7.36. The molecule has 1 unspecified atom stereocenters. The normalized spacial score (nSPS) is 12.1. The van der Waals surface area contributed by atoms with E-state index in [1.807, 2.05) is 13.0 Å². The van der Waals surface area contributed by atoms with Crippen LogP contribution < -0.4 is 10.1 Å². The second-order valence-electron chi connectivity index (χ2n) is 7.36. The van der Waals surface area contributed by atoms with Gasteiger partial charge in [-0.1, -0.05) is 51.1 Å². The van der Waals surface area contributed by atoms with Crippen LogP contribution in [0.5, 0.6) is 5.75 Å². The van der Waals surface area contributed by atoms with Gasteiger partial charge in [-0.15, -0.1) is 0 Å². The van der Waals surface area contributed by atoms with Crippen LogP contribution in [-0.2, 0) is 4.79 Å². The van der Waals surface area contributed by atoms with Crippen LogP contribution in [0.2, 0.25) is 0 Å². The number of aryl methyl sites for hydroxylation is 3. The minimum atomic E-state index is -0.0914. The molecule has 0 radical (unpaired) electrons. The SMILES string of the molecule is CCC(NC(=O)COc1cc(C)ccc1C(C)C)c1ccc(C)c(C)c1. The minimum absolute atomic E-state index is 0.00692. The van der Waals surface area contributed by atoms with E-state index >= 15 is 0 Å². The lowest BCUT2D eigenvalue weighted by molar-refractivity contribution is -0.123. The van der Waals surface area contributed by atoms with Gasteiger partial charge in [-0.05, 0) is 67.0 Å². The average Bonchev–Trinajstić information content (AvgIpc) is 2.60. The molecule has 0 spiro atoms. The fraction of sp³-hybridized carbons (Fsp3) is 0.435. The molecule has 0 aromatic heterocycles. The topological polar surface area (TPSA) is 38.3 Å². The number of hydrogen-bond acceptors (Lipinski definition) is 2. The predicted octanol–water partition coefficient (Wildman–Crippen LogP) is 5.38. The molecule has 3 nitrogen and oxygen atoms in total. The smallest absolute Gasteiger partial charge is 0.258 e. The van der Waals surface area contributed by atoms with Gasteiger partial charge in [-0.2, -0.15) is 0 Å². The van der Waals surface area contributed by atoms with Crippen molar-refractivity contribution in [2.45, 2.75) is 59.9 Å². The number of rotatable bonds is 7. The molecule has 0 heterocycles. The largest absolute Gasteiger partial charge is 0.483 e. The van der Waals surface area contributed by atoms with E-state index in [0.29, 0.717) is 5.92 Å². The van der Waals surface area contributed by atoms with Gasteiger partial charge in [0.15, 0.2) is 6.61 Å². The fourth-order valence-corrected chi connectivity index (χ4v) is 3.03. The summed E-state index contributed by atoms with van der Waals surface area (Å²) in [5.74, 6) is 1.06. The molecule has 0 saturated carbocycles. The minimum Gasteiger partial charge on any atom is -0.483 e. The summed E-state index contributed by atoms with van der Waals surface area (Å²) in [6, 6.07) is 12.5. The predicted molar refractivity (Wildman–Crippen MR) is 108 cm³/mol. The molecule has 2 aromatic rings. The number of amides is 1. The van der Waals surface area contributed by atoms with Crippen molar-refractivity contribution in [1.29, 1.82) is 0 Å². The van der Waals surface area contributed by atoms with E-state index < -0.39 is 0 Å². The molecule has 0 aliphatic rings. The van der Waals surface area contributed by atoms with Gasteiger partial charge in [0.05, 0.1) is 6.04 Å². The molecular formula is C23H31NO2. The summed E-state index contributed by atoms with van der Waals surface area (Å²) in [6.07, 6.45) is 0.843. The van der Waals surface area contributed by atoms with Crippen molar-refractivity contribution in [3.05, 3.63) is 64.2 Å². The second kappa shape index (κ2) is 8.88. The van der Waals surface area contributed by atoms with Gasteiger partial charge in [-0.3, -0.25) is 4.79 Å². The van der Waals surface area contributed by atoms with Crippen molar-refractivity contribution >= 4 is 5.91 Å². The molecule has 0 aliphatic heterocycles. The lowest BCUT2D eigenvalue weighted by atomic mass is 9.99. The molecule has 1 N–H and O–H groups in total. The molecule has 26 heavy (non-hydrogen) atoms. The van der Waals surface area contributed by atoms with E-state index in [4.69, 9.17) is 4.74 Å². The highest BCUT2D eigenvalue weighted by Crippen LogP contribution is 2.27. The number of benzene rings is 2. The van der Waals surface area contributed by atoms with Gasteiger partial charge in [0.1, 0.15) is 5.75 Å². The molecule has 0 fully saturated rings. The number of hydrogen-bond donors (Lipinski definition) is 1. The van der Waals surface area contributed by atoms with E-state index in [1.165, 1.54) is 11.1 Å². The molecule has 2 aromatic carbocycles. The van der Waals surface area contributed by atoms with Crippen LogP contribution in [0.15, 0.2) is 36.4 Å². The van der Waals surface area contributed by atoms with Crippen LogP contribution >= 0.6 is 0 Å². The van der Waals surface area contributed by atoms with Crippen molar-refractivity contribution in [2.75, 3.05) is 6.61 Å². The van der Waals surface area contributed by atoms with Crippen molar-refractivity contribution in [3.63, 3.8) is 0 Å². The number of carbonyl (C=O) groups excluding carboxylic acids is 1. The Kier molecular flexibility index (Phi) is 6.84. The molecule has 1 amide bonds. The van der Waals surface area contributed by atoms with E-state index in [-0.39, 0.29) is 18.6 Å². The lowest BCUT2D eigenvalue weighted by Crippen LogP contribution is -2.32. The van der Waals surface area contributed by atoms with E-state index in [9.17, 15) is 4.79 Å². The highest BCUT2D eigenvalue weighted by molar-refractivity contribution is 5.78. The first-order valence-corrected chi connectivity index (χ1v) is 9.41. The van der Waals surface area contributed by atoms with Crippen molar-refractivity contribution in [1.82, 2.24) is 5.32 Å². The van der Waals surface area contributed by atoms with E-state index in [1.54, 1.807) is 0 Å².